The molecule has 0 atom stereocenters. The van der Waals surface area contributed by atoms with E-state index in [1.165, 1.54) is 20.3 Å². The van der Waals surface area contributed by atoms with Crippen molar-refractivity contribution < 1.29 is 0 Å². The fourth-order valence-corrected chi connectivity index (χ4v) is 4.80. The third-order valence-corrected chi connectivity index (χ3v) is 6.92. The van der Waals surface area contributed by atoms with Gasteiger partial charge in [-0.05, 0) is 62.4 Å². The second kappa shape index (κ2) is 7.76. The zero-order valence-electron chi connectivity index (χ0n) is 19.8. The molecule has 0 saturated heterocycles. The quantitative estimate of drug-likeness (QED) is 0.484. The van der Waals surface area contributed by atoms with Crippen LogP contribution in [-0.4, -0.2) is 25.2 Å². The number of fused-ring (bicyclic) bond motifs is 3. The van der Waals surface area contributed by atoms with Crippen LogP contribution in [0, 0.1) is 27.7 Å². The molecule has 4 aromatic rings. The van der Waals surface area contributed by atoms with Crippen molar-refractivity contribution in [2.75, 3.05) is 11.4 Å². The van der Waals surface area contributed by atoms with Crippen molar-refractivity contribution in [3.63, 3.8) is 0 Å². The number of nitrogens with zero attached hydrogens (tertiary/aromatic N) is 5. The second-order valence-electron chi connectivity index (χ2n) is 9.12. The molecule has 7 heteroatoms. The van der Waals surface area contributed by atoms with E-state index in [1.807, 2.05) is 42.7 Å². The summed E-state index contributed by atoms with van der Waals surface area (Å²) in [6.07, 6.45) is 0.894. The van der Waals surface area contributed by atoms with Gasteiger partial charge in [-0.1, -0.05) is 35.9 Å². The van der Waals surface area contributed by atoms with E-state index in [-0.39, 0.29) is 17.8 Å². The van der Waals surface area contributed by atoms with E-state index in [0.29, 0.717) is 17.7 Å². The van der Waals surface area contributed by atoms with Gasteiger partial charge < -0.3 is 9.47 Å². The summed E-state index contributed by atoms with van der Waals surface area (Å²) >= 11 is 0. The van der Waals surface area contributed by atoms with Crippen LogP contribution in [-0.2, 0) is 20.1 Å². The lowest BCUT2D eigenvalue weighted by molar-refractivity contribution is 0.596. The number of benzene rings is 2. The van der Waals surface area contributed by atoms with Gasteiger partial charge in [0.25, 0.3) is 5.56 Å². The topological polar surface area (TPSA) is 65.1 Å². The van der Waals surface area contributed by atoms with Gasteiger partial charge in [-0.3, -0.25) is 13.9 Å². The number of anilines is 2. The first-order valence-electron chi connectivity index (χ1n) is 11.4. The highest BCUT2D eigenvalue weighted by molar-refractivity contribution is 5.77. The molecule has 2 aromatic heterocycles. The largest absolute Gasteiger partial charge is 0.332 e. The van der Waals surface area contributed by atoms with E-state index < -0.39 is 0 Å². The number of aromatic nitrogens is 4. The second-order valence-corrected chi connectivity index (χ2v) is 9.12. The zero-order valence-corrected chi connectivity index (χ0v) is 19.8. The highest BCUT2D eigenvalue weighted by Crippen LogP contribution is 2.33. The molecule has 0 amide bonds. The molecule has 3 heterocycles. The van der Waals surface area contributed by atoms with Crippen LogP contribution >= 0.6 is 0 Å². The van der Waals surface area contributed by atoms with Crippen LogP contribution in [0.3, 0.4) is 0 Å². The Bertz CT molecular complexity index is 1520. The van der Waals surface area contributed by atoms with Crippen LogP contribution in [0.15, 0.2) is 46.0 Å². The van der Waals surface area contributed by atoms with Crippen molar-refractivity contribution in [2.45, 2.75) is 47.2 Å². The summed E-state index contributed by atoms with van der Waals surface area (Å²) in [4.78, 5) is 33.9. The third kappa shape index (κ3) is 3.30. The summed E-state index contributed by atoms with van der Waals surface area (Å²) in [5.74, 6) is 0.724. The van der Waals surface area contributed by atoms with Gasteiger partial charge in [0.2, 0.25) is 5.95 Å². The van der Waals surface area contributed by atoms with Crippen LogP contribution in [0.25, 0.3) is 11.2 Å². The first-order valence-corrected chi connectivity index (χ1v) is 11.4. The SMILES string of the molecule is Cc1ccc(C)c(Cn2c(=O)c3c(nc4n3CCCN4c3cccc(C)c3C)n(C)c2=O)c1. The standard InChI is InChI=1S/C26H29N5O2/c1-16-10-11-18(3)20(14-16)15-31-24(32)22-23(28(5)26(31)33)27-25-29(12-7-13-30(22)25)21-9-6-8-17(2)19(21)4/h6,8-11,14H,7,12-13,15H2,1-5H3. The van der Waals surface area contributed by atoms with Gasteiger partial charge in [-0.25, -0.2) is 4.79 Å². The summed E-state index contributed by atoms with van der Waals surface area (Å²) in [7, 11) is 1.70. The molecule has 33 heavy (non-hydrogen) atoms. The number of imidazole rings is 1. The molecule has 0 aliphatic carbocycles. The molecule has 170 valence electrons. The molecule has 0 unspecified atom stereocenters. The van der Waals surface area contributed by atoms with Gasteiger partial charge in [0.05, 0.1) is 6.54 Å². The monoisotopic (exact) mass is 443 g/mol. The number of hydrogen-bond donors (Lipinski definition) is 0. The highest BCUT2D eigenvalue weighted by atomic mass is 16.2. The van der Waals surface area contributed by atoms with Crippen LogP contribution in [0.5, 0.6) is 0 Å². The van der Waals surface area contributed by atoms with Gasteiger partial charge in [-0.15, -0.1) is 0 Å². The predicted molar refractivity (Wildman–Crippen MR) is 132 cm³/mol. The highest BCUT2D eigenvalue weighted by Gasteiger charge is 2.27. The van der Waals surface area contributed by atoms with Crippen LogP contribution in [0.4, 0.5) is 11.6 Å². The first-order chi connectivity index (χ1) is 15.8. The molecular weight excluding hydrogens is 414 g/mol. The maximum atomic E-state index is 13.7. The number of rotatable bonds is 3. The molecule has 0 N–H and O–H groups in total. The fourth-order valence-electron chi connectivity index (χ4n) is 4.80. The predicted octanol–water partition coefficient (Wildman–Crippen LogP) is 3.72. The van der Waals surface area contributed by atoms with Crippen LogP contribution in [0.1, 0.15) is 34.2 Å². The van der Waals surface area contributed by atoms with E-state index in [4.69, 9.17) is 4.98 Å². The van der Waals surface area contributed by atoms with Gasteiger partial charge in [0.1, 0.15) is 0 Å². The smallest absolute Gasteiger partial charge is 0.312 e. The van der Waals surface area contributed by atoms with Crippen molar-refractivity contribution in [2.24, 2.45) is 7.05 Å². The molecule has 0 saturated carbocycles. The van der Waals surface area contributed by atoms with Crippen molar-refractivity contribution >= 4 is 22.8 Å². The number of aryl methyl sites for hydroxylation is 5. The summed E-state index contributed by atoms with van der Waals surface area (Å²) in [6, 6.07) is 12.3. The van der Waals surface area contributed by atoms with Gasteiger partial charge in [0, 0.05) is 25.8 Å². The molecule has 1 aliphatic heterocycles. The Morgan fingerprint density at radius 1 is 0.970 bits per heavy atom. The van der Waals surface area contributed by atoms with Crippen LogP contribution in [0.2, 0.25) is 0 Å². The van der Waals surface area contributed by atoms with Gasteiger partial charge in [0.15, 0.2) is 11.2 Å². The van der Waals surface area contributed by atoms with E-state index in [9.17, 15) is 9.59 Å². The lowest BCUT2D eigenvalue weighted by Gasteiger charge is -2.30. The average molecular weight is 444 g/mol. The summed E-state index contributed by atoms with van der Waals surface area (Å²) in [5, 5.41) is 0. The Labute approximate surface area is 192 Å². The Kier molecular flexibility index (Phi) is 5.00. The molecule has 1 aliphatic rings. The molecule has 0 spiro atoms. The fraction of sp³-hybridized carbons (Fsp3) is 0.346. The Morgan fingerprint density at radius 2 is 1.76 bits per heavy atom. The maximum Gasteiger partial charge on any atom is 0.332 e. The Morgan fingerprint density at radius 3 is 2.55 bits per heavy atom. The van der Waals surface area contributed by atoms with Crippen molar-refractivity contribution in [3.8, 4) is 0 Å². The average Bonchev–Trinajstić information content (AvgIpc) is 3.19. The number of hydrogen-bond acceptors (Lipinski definition) is 4. The summed E-state index contributed by atoms with van der Waals surface area (Å²) < 4.78 is 4.84. The van der Waals surface area contributed by atoms with E-state index in [1.54, 1.807) is 7.05 Å². The minimum Gasteiger partial charge on any atom is -0.312 e. The van der Waals surface area contributed by atoms with Gasteiger partial charge >= 0.3 is 5.69 Å². The molecule has 2 aromatic carbocycles. The molecule has 0 fully saturated rings. The van der Waals surface area contributed by atoms with Crippen molar-refractivity contribution in [3.05, 3.63) is 85.1 Å². The minimum atomic E-state index is -0.345. The van der Waals surface area contributed by atoms with E-state index in [0.717, 1.165) is 41.3 Å². The Hall–Kier alpha value is -3.61. The van der Waals surface area contributed by atoms with Crippen LogP contribution < -0.4 is 16.1 Å². The van der Waals surface area contributed by atoms with Crippen molar-refractivity contribution in [1.29, 1.82) is 0 Å². The molecule has 0 radical (unpaired) electrons. The lowest BCUT2D eigenvalue weighted by atomic mass is 10.1. The molecule has 7 nitrogen and oxygen atoms in total. The van der Waals surface area contributed by atoms with E-state index >= 15 is 0 Å². The normalized spacial score (nSPS) is 13.5. The molecule has 0 bridgehead atoms. The Balaban J connectivity index is 1.72. The minimum absolute atomic E-state index is 0.246. The summed E-state index contributed by atoms with van der Waals surface area (Å²) in [6.45, 7) is 9.99. The zero-order chi connectivity index (χ0) is 23.4. The maximum absolute atomic E-state index is 13.7. The third-order valence-electron chi connectivity index (χ3n) is 6.92. The lowest BCUT2D eigenvalue weighted by Crippen LogP contribution is -2.40. The molecule has 5 rings (SSSR count). The molecular formula is C26H29N5O2. The van der Waals surface area contributed by atoms with Crippen molar-refractivity contribution in [1.82, 2.24) is 18.7 Å². The van der Waals surface area contributed by atoms with E-state index in [2.05, 4.69) is 30.9 Å². The van der Waals surface area contributed by atoms with Gasteiger partial charge in [-0.2, -0.15) is 4.98 Å². The summed E-state index contributed by atoms with van der Waals surface area (Å²) in [5.41, 5.74) is 6.94. The first kappa shape index (κ1) is 21.2.